The number of carbonyl (C=O) groups is 1. The number of Topliss-reactive ketones (excluding diaryl/α,β-unsaturated/α-hetero) is 1. The molecule has 0 saturated heterocycles. The standard InChI is InChI=1S/C13H20O4S/c1-5-9-10-8(2)6-13(11(9)14,12(10,3)4)7-18(15,16)17/h5,8,10H,6-7H2,1-4H3,(H,15,16,17)/t8?,10-,13-/m1/s1. The summed E-state index contributed by atoms with van der Waals surface area (Å²) in [6, 6.07) is 0. The second kappa shape index (κ2) is 3.67. The van der Waals surface area contributed by atoms with E-state index in [1.807, 2.05) is 27.7 Å². The summed E-state index contributed by atoms with van der Waals surface area (Å²) < 4.78 is 31.8. The van der Waals surface area contributed by atoms with E-state index in [2.05, 4.69) is 0 Å². The molecular formula is C13H20O4S. The van der Waals surface area contributed by atoms with Crippen LogP contribution in [0.2, 0.25) is 0 Å². The highest BCUT2D eigenvalue weighted by Gasteiger charge is 2.69. The average Bonchev–Trinajstić information content (AvgIpc) is 2.44. The normalized spacial score (nSPS) is 40.7. The predicted molar refractivity (Wildman–Crippen MR) is 68.7 cm³/mol. The van der Waals surface area contributed by atoms with Gasteiger partial charge in [-0.2, -0.15) is 8.42 Å². The third kappa shape index (κ3) is 1.53. The van der Waals surface area contributed by atoms with Gasteiger partial charge in [0.1, 0.15) is 0 Å². The number of hydrogen-bond acceptors (Lipinski definition) is 3. The van der Waals surface area contributed by atoms with Crippen molar-refractivity contribution < 1.29 is 17.8 Å². The molecular weight excluding hydrogens is 252 g/mol. The molecule has 2 bridgehead atoms. The summed E-state index contributed by atoms with van der Waals surface area (Å²) in [5, 5.41) is 0. The van der Waals surface area contributed by atoms with Gasteiger partial charge in [-0.25, -0.2) is 0 Å². The van der Waals surface area contributed by atoms with E-state index in [9.17, 15) is 17.8 Å². The minimum atomic E-state index is -4.16. The van der Waals surface area contributed by atoms with Crippen molar-refractivity contribution in [3.63, 3.8) is 0 Å². The van der Waals surface area contributed by atoms with Gasteiger partial charge in [0.25, 0.3) is 10.1 Å². The fourth-order valence-corrected chi connectivity index (χ4v) is 5.61. The third-order valence-electron chi connectivity index (χ3n) is 5.02. The van der Waals surface area contributed by atoms with Gasteiger partial charge in [0.15, 0.2) is 5.78 Å². The first-order chi connectivity index (χ1) is 8.07. The van der Waals surface area contributed by atoms with Crippen molar-refractivity contribution in [2.75, 3.05) is 5.75 Å². The molecule has 2 rings (SSSR count). The SMILES string of the molecule is CC=C1C(=O)[C@]2(CS(=O)(=O)O)CC(C)[C@H]1C2(C)C. The van der Waals surface area contributed by atoms with Crippen LogP contribution in [0.25, 0.3) is 0 Å². The van der Waals surface area contributed by atoms with Crippen LogP contribution in [-0.2, 0) is 14.9 Å². The van der Waals surface area contributed by atoms with Crippen LogP contribution < -0.4 is 0 Å². The molecule has 0 aromatic heterocycles. The largest absolute Gasteiger partial charge is 0.294 e. The minimum Gasteiger partial charge on any atom is -0.294 e. The lowest BCUT2D eigenvalue weighted by molar-refractivity contribution is -0.125. The highest BCUT2D eigenvalue weighted by atomic mass is 32.2. The molecule has 5 heteroatoms. The molecule has 4 nitrogen and oxygen atoms in total. The molecule has 0 aliphatic heterocycles. The molecule has 0 radical (unpaired) electrons. The van der Waals surface area contributed by atoms with Crippen LogP contribution in [0, 0.1) is 22.7 Å². The first-order valence-electron chi connectivity index (χ1n) is 6.23. The first kappa shape index (κ1) is 13.7. The zero-order chi connectivity index (χ0) is 13.9. The Kier molecular flexibility index (Phi) is 2.80. The lowest BCUT2D eigenvalue weighted by Crippen LogP contribution is -2.42. The maximum Gasteiger partial charge on any atom is 0.265 e. The third-order valence-corrected chi connectivity index (χ3v) is 5.88. The lowest BCUT2D eigenvalue weighted by Gasteiger charge is -2.34. The van der Waals surface area contributed by atoms with Gasteiger partial charge in [-0.15, -0.1) is 0 Å². The van der Waals surface area contributed by atoms with E-state index in [1.165, 1.54) is 0 Å². The second-order valence-electron chi connectivity index (χ2n) is 6.26. The Hall–Kier alpha value is -0.680. The molecule has 3 atom stereocenters. The van der Waals surface area contributed by atoms with Gasteiger partial charge in [0, 0.05) is 0 Å². The summed E-state index contributed by atoms with van der Waals surface area (Å²) in [5.41, 5.74) is -0.629. The molecule has 2 fully saturated rings. The molecule has 1 unspecified atom stereocenters. The fraction of sp³-hybridized carbons (Fsp3) is 0.769. The van der Waals surface area contributed by atoms with Crippen molar-refractivity contribution >= 4 is 15.9 Å². The van der Waals surface area contributed by atoms with Gasteiger partial charge in [0.05, 0.1) is 11.2 Å². The van der Waals surface area contributed by atoms with Crippen molar-refractivity contribution in [3.8, 4) is 0 Å². The van der Waals surface area contributed by atoms with Gasteiger partial charge < -0.3 is 0 Å². The van der Waals surface area contributed by atoms with Crippen molar-refractivity contribution in [2.24, 2.45) is 22.7 Å². The molecule has 18 heavy (non-hydrogen) atoms. The van der Waals surface area contributed by atoms with Crippen LogP contribution in [0.5, 0.6) is 0 Å². The molecule has 1 N–H and O–H groups in total. The van der Waals surface area contributed by atoms with Gasteiger partial charge in [0.2, 0.25) is 0 Å². The van der Waals surface area contributed by atoms with E-state index in [4.69, 9.17) is 0 Å². The molecule has 0 amide bonds. The van der Waals surface area contributed by atoms with E-state index in [0.29, 0.717) is 6.42 Å². The van der Waals surface area contributed by atoms with E-state index >= 15 is 0 Å². The predicted octanol–water partition coefficient (Wildman–Crippen LogP) is 2.07. The first-order valence-corrected chi connectivity index (χ1v) is 7.84. The molecule has 0 aromatic carbocycles. The van der Waals surface area contributed by atoms with Crippen LogP contribution in [0.15, 0.2) is 11.6 Å². The summed E-state index contributed by atoms with van der Waals surface area (Å²) >= 11 is 0. The highest BCUT2D eigenvalue weighted by Crippen LogP contribution is 2.68. The monoisotopic (exact) mass is 272 g/mol. The van der Waals surface area contributed by atoms with Gasteiger partial charge in [-0.1, -0.05) is 26.8 Å². The van der Waals surface area contributed by atoms with Crippen molar-refractivity contribution in [2.45, 2.75) is 34.1 Å². The van der Waals surface area contributed by atoms with E-state index in [1.54, 1.807) is 6.08 Å². The zero-order valence-corrected chi connectivity index (χ0v) is 12.0. The van der Waals surface area contributed by atoms with Crippen molar-refractivity contribution in [1.82, 2.24) is 0 Å². The maximum atomic E-state index is 12.5. The minimum absolute atomic E-state index is 0.0873. The number of rotatable bonds is 2. The second-order valence-corrected chi connectivity index (χ2v) is 7.71. The summed E-state index contributed by atoms with van der Waals surface area (Å²) in [7, 11) is -4.16. The summed E-state index contributed by atoms with van der Waals surface area (Å²) in [6.07, 6.45) is 2.34. The van der Waals surface area contributed by atoms with Gasteiger partial charge in [-0.3, -0.25) is 9.35 Å². The Morgan fingerprint density at radius 3 is 2.39 bits per heavy atom. The molecule has 0 heterocycles. The molecule has 0 aromatic rings. The Balaban J connectivity index is 2.61. The smallest absolute Gasteiger partial charge is 0.265 e. The van der Waals surface area contributed by atoms with E-state index in [0.717, 1.165) is 5.57 Å². The number of carbonyl (C=O) groups excluding carboxylic acids is 1. The quantitative estimate of drug-likeness (QED) is 0.617. The van der Waals surface area contributed by atoms with Crippen LogP contribution in [0.4, 0.5) is 0 Å². The molecule has 0 spiro atoms. The Bertz CT molecular complexity index is 529. The Morgan fingerprint density at radius 2 is 2.00 bits per heavy atom. The lowest BCUT2D eigenvalue weighted by atomic mass is 9.70. The van der Waals surface area contributed by atoms with Crippen LogP contribution in [0.1, 0.15) is 34.1 Å². The number of hydrogen-bond donors (Lipinski definition) is 1. The number of ketones is 1. The van der Waals surface area contributed by atoms with Crippen LogP contribution >= 0.6 is 0 Å². The van der Waals surface area contributed by atoms with Crippen molar-refractivity contribution in [3.05, 3.63) is 11.6 Å². The summed E-state index contributed by atoms with van der Waals surface area (Å²) in [4.78, 5) is 12.5. The Morgan fingerprint density at radius 1 is 1.44 bits per heavy atom. The molecule has 2 aliphatic carbocycles. The van der Waals surface area contributed by atoms with Crippen LogP contribution in [0.3, 0.4) is 0 Å². The number of allylic oxidation sites excluding steroid dienone is 2. The summed E-state index contributed by atoms with van der Waals surface area (Å²) in [5.74, 6) is -0.178. The topological polar surface area (TPSA) is 71.4 Å². The zero-order valence-electron chi connectivity index (χ0n) is 11.2. The van der Waals surface area contributed by atoms with E-state index < -0.39 is 26.7 Å². The van der Waals surface area contributed by atoms with Gasteiger partial charge in [-0.05, 0) is 36.2 Å². The highest BCUT2D eigenvalue weighted by molar-refractivity contribution is 7.85. The Labute approximate surface area is 108 Å². The van der Waals surface area contributed by atoms with Crippen molar-refractivity contribution in [1.29, 1.82) is 0 Å². The fourth-order valence-electron chi connectivity index (χ4n) is 4.37. The summed E-state index contributed by atoms with van der Waals surface area (Å²) in [6.45, 7) is 7.76. The van der Waals surface area contributed by atoms with E-state index in [-0.39, 0.29) is 17.6 Å². The van der Waals surface area contributed by atoms with Crippen LogP contribution in [-0.4, -0.2) is 24.5 Å². The molecule has 2 aliphatic rings. The maximum absolute atomic E-state index is 12.5. The van der Waals surface area contributed by atoms with Gasteiger partial charge >= 0.3 is 0 Å². The average molecular weight is 272 g/mol. The number of fused-ring (bicyclic) bond motifs is 2. The molecule has 2 saturated carbocycles. The molecule has 102 valence electrons.